The standard InChI is InChI=1S/C13H22N2O/c1-11(2)16-8-4-6-14-9-13-10-15-7-5-12(13)3/h5,7,10-11,14H,4,6,8-9H2,1-3H3. The molecule has 0 aliphatic carbocycles. The molecule has 0 atom stereocenters. The van der Waals surface area contributed by atoms with Crippen molar-refractivity contribution in [2.45, 2.75) is 39.8 Å². The molecule has 0 unspecified atom stereocenters. The SMILES string of the molecule is Cc1ccncc1CNCCCOC(C)C. The zero-order valence-electron chi connectivity index (χ0n) is 10.5. The number of hydrogen-bond acceptors (Lipinski definition) is 3. The molecule has 0 aromatic carbocycles. The molecule has 0 aliphatic heterocycles. The summed E-state index contributed by atoms with van der Waals surface area (Å²) < 4.78 is 5.47. The van der Waals surface area contributed by atoms with Crippen LogP contribution in [0.2, 0.25) is 0 Å². The summed E-state index contributed by atoms with van der Waals surface area (Å²) in [5.41, 5.74) is 2.56. The van der Waals surface area contributed by atoms with E-state index >= 15 is 0 Å². The van der Waals surface area contributed by atoms with Crippen molar-refractivity contribution in [2.24, 2.45) is 0 Å². The third-order valence-corrected chi connectivity index (χ3v) is 2.41. The van der Waals surface area contributed by atoms with Crippen molar-refractivity contribution in [3.8, 4) is 0 Å². The zero-order chi connectivity index (χ0) is 11.8. The van der Waals surface area contributed by atoms with Crippen LogP contribution in [-0.4, -0.2) is 24.2 Å². The lowest BCUT2D eigenvalue weighted by molar-refractivity contribution is 0.0770. The topological polar surface area (TPSA) is 34.2 Å². The van der Waals surface area contributed by atoms with Crippen molar-refractivity contribution in [3.63, 3.8) is 0 Å². The molecule has 1 aromatic heterocycles. The maximum atomic E-state index is 5.47. The summed E-state index contributed by atoms with van der Waals surface area (Å²) in [6, 6.07) is 2.04. The van der Waals surface area contributed by atoms with E-state index in [2.05, 4.69) is 31.1 Å². The first-order valence-corrected chi connectivity index (χ1v) is 5.92. The van der Waals surface area contributed by atoms with Crippen LogP contribution in [0, 0.1) is 6.92 Å². The lowest BCUT2D eigenvalue weighted by Crippen LogP contribution is -2.18. The maximum absolute atomic E-state index is 5.47. The predicted molar refractivity (Wildman–Crippen MR) is 66.4 cm³/mol. The first-order valence-electron chi connectivity index (χ1n) is 5.92. The van der Waals surface area contributed by atoms with Crippen LogP contribution in [0.5, 0.6) is 0 Å². The largest absolute Gasteiger partial charge is 0.379 e. The van der Waals surface area contributed by atoms with Gasteiger partial charge in [0, 0.05) is 25.5 Å². The number of ether oxygens (including phenoxy) is 1. The summed E-state index contributed by atoms with van der Waals surface area (Å²) >= 11 is 0. The molecule has 16 heavy (non-hydrogen) atoms. The quantitative estimate of drug-likeness (QED) is 0.719. The number of hydrogen-bond donors (Lipinski definition) is 1. The molecule has 0 saturated carbocycles. The fourth-order valence-corrected chi connectivity index (χ4v) is 1.42. The zero-order valence-corrected chi connectivity index (χ0v) is 10.5. The van der Waals surface area contributed by atoms with Gasteiger partial charge in [-0.15, -0.1) is 0 Å². The molecule has 0 radical (unpaired) electrons. The normalized spacial score (nSPS) is 11.0. The molecule has 3 heteroatoms. The van der Waals surface area contributed by atoms with E-state index in [4.69, 9.17) is 4.74 Å². The highest BCUT2D eigenvalue weighted by molar-refractivity contribution is 5.20. The minimum Gasteiger partial charge on any atom is -0.379 e. The number of pyridine rings is 1. The molecule has 90 valence electrons. The van der Waals surface area contributed by atoms with Gasteiger partial charge in [-0.05, 0) is 50.9 Å². The van der Waals surface area contributed by atoms with Gasteiger partial charge in [-0.2, -0.15) is 0 Å². The van der Waals surface area contributed by atoms with Gasteiger partial charge in [0.05, 0.1) is 6.10 Å². The summed E-state index contributed by atoms with van der Waals surface area (Å²) in [7, 11) is 0. The number of aromatic nitrogens is 1. The van der Waals surface area contributed by atoms with Gasteiger partial charge in [-0.3, -0.25) is 4.98 Å². The molecular formula is C13H22N2O. The van der Waals surface area contributed by atoms with Crippen LogP contribution in [0.15, 0.2) is 18.5 Å². The molecule has 0 amide bonds. The van der Waals surface area contributed by atoms with E-state index in [0.29, 0.717) is 6.10 Å². The molecule has 0 bridgehead atoms. The molecule has 0 aliphatic rings. The molecule has 0 saturated heterocycles. The molecular weight excluding hydrogens is 200 g/mol. The molecule has 1 aromatic rings. The molecule has 0 fully saturated rings. The molecule has 1 N–H and O–H groups in total. The van der Waals surface area contributed by atoms with Gasteiger partial charge in [0.25, 0.3) is 0 Å². The van der Waals surface area contributed by atoms with Crippen LogP contribution < -0.4 is 5.32 Å². The van der Waals surface area contributed by atoms with E-state index in [0.717, 1.165) is 26.1 Å². The van der Waals surface area contributed by atoms with Crippen molar-refractivity contribution < 1.29 is 4.74 Å². The number of nitrogens with one attached hydrogen (secondary N) is 1. The van der Waals surface area contributed by atoms with Gasteiger partial charge in [-0.1, -0.05) is 0 Å². The van der Waals surface area contributed by atoms with Crippen LogP contribution in [-0.2, 0) is 11.3 Å². The van der Waals surface area contributed by atoms with E-state index < -0.39 is 0 Å². The van der Waals surface area contributed by atoms with Gasteiger partial charge in [0.2, 0.25) is 0 Å². The number of nitrogens with zero attached hydrogens (tertiary/aromatic N) is 1. The lowest BCUT2D eigenvalue weighted by atomic mass is 10.1. The highest BCUT2D eigenvalue weighted by atomic mass is 16.5. The van der Waals surface area contributed by atoms with Crippen molar-refractivity contribution in [2.75, 3.05) is 13.2 Å². The minimum atomic E-state index is 0.334. The van der Waals surface area contributed by atoms with Gasteiger partial charge >= 0.3 is 0 Å². The average molecular weight is 222 g/mol. The molecule has 0 spiro atoms. The second-order valence-electron chi connectivity index (χ2n) is 4.25. The first-order chi connectivity index (χ1) is 7.70. The third-order valence-electron chi connectivity index (χ3n) is 2.41. The fraction of sp³-hybridized carbons (Fsp3) is 0.615. The first kappa shape index (κ1) is 13.1. The van der Waals surface area contributed by atoms with E-state index in [9.17, 15) is 0 Å². The van der Waals surface area contributed by atoms with Gasteiger partial charge < -0.3 is 10.1 Å². The highest BCUT2D eigenvalue weighted by Gasteiger charge is 1.97. The second-order valence-corrected chi connectivity index (χ2v) is 4.25. The Hall–Kier alpha value is -0.930. The maximum Gasteiger partial charge on any atom is 0.0518 e. The van der Waals surface area contributed by atoms with E-state index in [1.807, 2.05) is 18.5 Å². The van der Waals surface area contributed by atoms with Crippen molar-refractivity contribution in [1.82, 2.24) is 10.3 Å². The van der Waals surface area contributed by atoms with Crippen LogP contribution in [0.3, 0.4) is 0 Å². The highest BCUT2D eigenvalue weighted by Crippen LogP contribution is 2.03. The lowest BCUT2D eigenvalue weighted by Gasteiger charge is -2.09. The fourth-order valence-electron chi connectivity index (χ4n) is 1.42. The Morgan fingerprint density at radius 3 is 2.94 bits per heavy atom. The average Bonchev–Trinajstić information content (AvgIpc) is 2.25. The van der Waals surface area contributed by atoms with Crippen molar-refractivity contribution in [3.05, 3.63) is 29.6 Å². The van der Waals surface area contributed by atoms with Crippen molar-refractivity contribution >= 4 is 0 Å². The number of rotatable bonds is 7. The van der Waals surface area contributed by atoms with Gasteiger partial charge in [-0.25, -0.2) is 0 Å². The Kier molecular flexibility index (Phi) is 6.04. The Bertz CT molecular complexity index is 300. The van der Waals surface area contributed by atoms with Gasteiger partial charge in [0.15, 0.2) is 0 Å². The monoisotopic (exact) mass is 222 g/mol. The summed E-state index contributed by atoms with van der Waals surface area (Å²) in [5, 5.41) is 3.40. The van der Waals surface area contributed by atoms with Crippen LogP contribution in [0.1, 0.15) is 31.4 Å². The number of aryl methyl sites for hydroxylation is 1. The summed E-state index contributed by atoms with van der Waals surface area (Å²) in [5.74, 6) is 0. The summed E-state index contributed by atoms with van der Waals surface area (Å²) in [6.45, 7) is 8.94. The second kappa shape index (κ2) is 7.36. The van der Waals surface area contributed by atoms with Crippen LogP contribution in [0.25, 0.3) is 0 Å². The molecule has 1 heterocycles. The van der Waals surface area contributed by atoms with Crippen LogP contribution >= 0.6 is 0 Å². The molecule has 1 rings (SSSR count). The molecule has 3 nitrogen and oxygen atoms in total. The Balaban J connectivity index is 2.10. The third kappa shape index (κ3) is 5.24. The van der Waals surface area contributed by atoms with Crippen LogP contribution in [0.4, 0.5) is 0 Å². The van der Waals surface area contributed by atoms with E-state index in [1.54, 1.807) is 0 Å². The van der Waals surface area contributed by atoms with E-state index in [1.165, 1.54) is 11.1 Å². The van der Waals surface area contributed by atoms with Crippen molar-refractivity contribution in [1.29, 1.82) is 0 Å². The Morgan fingerprint density at radius 2 is 2.25 bits per heavy atom. The smallest absolute Gasteiger partial charge is 0.0518 e. The van der Waals surface area contributed by atoms with Gasteiger partial charge in [0.1, 0.15) is 0 Å². The minimum absolute atomic E-state index is 0.334. The Morgan fingerprint density at radius 1 is 1.44 bits per heavy atom. The van der Waals surface area contributed by atoms with E-state index in [-0.39, 0.29) is 0 Å². The predicted octanol–water partition coefficient (Wildman–Crippen LogP) is 2.29. The Labute approximate surface area is 98.2 Å². The summed E-state index contributed by atoms with van der Waals surface area (Å²) in [6.07, 6.45) is 5.14. The summed E-state index contributed by atoms with van der Waals surface area (Å²) in [4.78, 5) is 4.12.